The molecule has 1 heterocycles. The number of carbonyl (C=O) groups excluding carboxylic acids is 1. The van der Waals surface area contributed by atoms with Gasteiger partial charge in [0.1, 0.15) is 9.77 Å². The van der Waals surface area contributed by atoms with Crippen LogP contribution in [0.4, 0.5) is 0 Å². The molecule has 0 amide bonds. The van der Waals surface area contributed by atoms with Crippen molar-refractivity contribution in [1.82, 2.24) is 4.72 Å². The van der Waals surface area contributed by atoms with E-state index in [1.165, 1.54) is 13.2 Å². The molecule has 0 aromatic carbocycles. The molecule has 0 unspecified atom stereocenters. The summed E-state index contributed by atoms with van der Waals surface area (Å²) in [6.07, 6.45) is 0. The maximum atomic E-state index is 12.2. The highest BCUT2D eigenvalue weighted by Gasteiger charge is 2.25. The van der Waals surface area contributed by atoms with Crippen LogP contribution in [-0.4, -0.2) is 27.5 Å². The molecule has 0 fully saturated rings. The van der Waals surface area contributed by atoms with E-state index in [0.717, 1.165) is 11.3 Å². The van der Waals surface area contributed by atoms with Crippen molar-refractivity contribution < 1.29 is 17.9 Å². The van der Waals surface area contributed by atoms with E-state index in [9.17, 15) is 13.2 Å². The van der Waals surface area contributed by atoms with Crippen molar-refractivity contribution in [3.05, 3.63) is 14.7 Å². The van der Waals surface area contributed by atoms with Gasteiger partial charge in [0.2, 0.25) is 10.0 Å². The Hall–Kier alpha value is -0.440. The topological polar surface area (TPSA) is 72.5 Å². The number of thiophene rings is 1. The lowest BCUT2D eigenvalue weighted by Gasteiger charge is -2.17. The van der Waals surface area contributed by atoms with Crippen LogP contribution in [0.25, 0.3) is 0 Å². The summed E-state index contributed by atoms with van der Waals surface area (Å²) in [5.74, 6) is -0.378. The van der Waals surface area contributed by atoms with Gasteiger partial charge >= 0.3 is 5.97 Å². The molecule has 0 aliphatic carbocycles. The van der Waals surface area contributed by atoms with Crippen LogP contribution in [0.2, 0.25) is 0 Å². The molecule has 1 rings (SSSR count). The van der Waals surface area contributed by atoms with Crippen molar-refractivity contribution in [3.63, 3.8) is 0 Å². The molecular weight excluding hydrogens is 354 g/mol. The standard InChI is InChI=1S/C11H16BrNO4S2/c1-6(2)7(3)13-19(15,16)9-5-8(11(14)17-4)18-10(9)12/h5-7,13H,1-4H3/t7-/m1/s1. The maximum Gasteiger partial charge on any atom is 0.348 e. The summed E-state index contributed by atoms with van der Waals surface area (Å²) in [5, 5.41) is 0. The summed E-state index contributed by atoms with van der Waals surface area (Å²) >= 11 is 4.20. The number of esters is 1. The number of ether oxygens (including phenoxy) is 1. The van der Waals surface area contributed by atoms with Gasteiger partial charge in [-0.25, -0.2) is 17.9 Å². The van der Waals surface area contributed by atoms with Crippen LogP contribution in [0.3, 0.4) is 0 Å². The highest BCUT2D eigenvalue weighted by atomic mass is 79.9. The molecule has 1 atom stereocenters. The van der Waals surface area contributed by atoms with Gasteiger partial charge in [-0.05, 0) is 34.8 Å². The first-order valence-electron chi connectivity index (χ1n) is 5.59. The number of carbonyl (C=O) groups is 1. The minimum absolute atomic E-state index is 0.0606. The summed E-state index contributed by atoms with van der Waals surface area (Å²) in [4.78, 5) is 11.7. The Bertz CT molecular complexity index is 565. The van der Waals surface area contributed by atoms with Gasteiger partial charge in [0.05, 0.1) is 10.9 Å². The van der Waals surface area contributed by atoms with Crippen LogP contribution in [0.15, 0.2) is 14.7 Å². The first-order valence-corrected chi connectivity index (χ1v) is 8.68. The predicted molar refractivity (Wildman–Crippen MR) is 78.0 cm³/mol. The smallest absolute Gasteiger partial charge is 0.348 e. The number of nitrogens with one attached hydrogen (secondary N) is 1. The molecule has 1 aromatic rings. The monoisotopic (exact) mass is 369 g/mol. The van der Waals surface area contributed by atoms with Crippen molar-refractivity contribution >= 4 is 43.3 Å². The van der Waals surface area contributed by atoms with E-state index in [-0.39, 0.29) is 21.7 Å². The van der Waals surface area contributed by atoms with Gasteiger partial charge in [-0.15, -0.1) is 11.3 Å². The van der Waals surface area contributed by atoms with Gasteiger partial charge in [-0.3, -0.25) is 0 Å². The van der Waals surface area contributed by atoms with Gasteiger partial charge in [0.25, 0.3) is 0 Å². The van der Waals surface area contributed by atoms with E-state index in [4.69, 9.17) is 0 Å². The highest BCUT2D eigenvalue weighted by Crippen LogP contribution is 2.32. The summed E-state index contributed by atoms with van der Waals surface area (Å²) in [7, 11) is -2.40. The van der Waals surface area contributed by atoms with Crippen molar-refractivity contribution in [2.45, 2.75) is 31.7 Å². The van der Waals surface area contributed by atoms with E-state index in [2.05, 4.69) is 25.4 Å². The third kappa shape index (κ3) is 4.01. The lowest BCUT2D eigenvalue weighted by atomic mass is 10.1. The second-order valence-corrected chi connectivity index (χ2v) is 8.45. The van der Waals surface area contributed by atoms with E-state index >= 15 is 0 Å². The predicted octanol–water partition coefficient (Wildman–Crippen LogP) is 2.62. The normalized spacial score (nSPS) is 13.6. The molecule has 0 radical (unpaired) electrons. The molecule has 0 spiro atoms. The SMILES string of the molecule is COC(=O)c1cc(S(=O)(=O)N[C@H](C)C(C)C)c(Br)s1. The Morgan fingerprint density at radius 3 is 2.47 bits per heavy atom. The Morgan fingerprint density at radius 2 is 2.00 bits per heavy atom. The summed E-state index contributed by atoms with van der Waals surface area (Å²) in [6.45, 7) is 5.65. The van der Waals surface area contributed by atoms with E-state index in [1.54, 1.807) is 6.92 Å². The van der Waals surface area contributed by atoms with Gasteiger partial charge in [-0.2, -0.15) is 0 Å². The average Bonchev–Trinajstić information content (AvgIpc) is 2.70. The Balaban J connectivity index is 3.09. The quantitative estimate of drug-likeness (QED) is 0.809. The van der Waals surface area contributed by atoms with E-state index in [1.807, 2.05) is 13.8 Å². The molecule has 108 valence electrons. The molecule has 0 saturated heterocycles. The maximum absolute atomic E-state index is 12.2. The zero-order chi connectivity index (χ0) is 14.8. The number of rotatable bonds is 5. The van der Waals surface area contributed by atoms with Crippen LogP contribution < -0.4 is 4.72 Å². The van der Waals surface area contributed by atoms with Gasteiger partial charge in [0.15, 0.2) is 0 Å². The Morgan fingerprint density at radius 1 is 1.42 bits per heavy atom. The molecule has 0 saturated carbocycles. The summed E-state index contributed by atoms with van der Waals surface area (Å²) in [6, 6.07) is 1.12. The second kappa shape index (κ2) is 6.34. The summed E-state index contributed by atoms with van der Waals surface area (Å²) in [5.41, 5.74) is 0. The third-order valence-corrected chi connectivity index (χ3v) is 6.46. The fourth-order valence-electron chi connectivity index (χ4n) is 1.18. The first kappa shape index (κ1) is 16.6. The van der Waals surface area contributed by atoms with Crippen LogP contribution in [0.5, 0.6) is 0 Å². The molecule has 19 heavy (non-hydrogen) atoms. The largest absolute Gasteiger partial charge is 0.465 e. The highest BCUT2D eigenvalue weighted by molar-refractivity contribution is 9.11. The number of hydrogen-bond donors (Lipinski definition) is 1. The number of halogens is 1. The Kier molecular flexibility index (Phi) is 5.54. The van der Waals surface area contributed by atoms with Crippen LogP contribution >= 0.6 is 27.3 Å². The van der Waals surface area contributed by atoms with E-state index in [0.29, 0.717) is 3.79 Å². The lowest BCUT2D eigenvalue weighted by molar-refractivity contribution is 0.0606. The molecule has 0 aliphatic rings. The fourth-order valence-corrected chi connectivity index (χ4v) is 5.06. The van der Waals surface area contributed by atoms with Gasteiger partial charge in [-0.1, -0.05) is 13.8 Å². The average molecular weight is 370 g/mol. The molecule has 0 bridgehead atoms. The number of methoxy groups -OCH3 is 1. The molecular formula is C11H16BrNO4S2. The van der Waals surface area contributed by atoms with Crippen molar-refractivity contribution in [2.24, 2.45) is 5.92 Å². The van der Waals surface area contributed by atoms with Gasteiger partial charge < -0.3 is 4.74 Å². The minimum atomic E-state index is -3.65. The van der Waals surface area contributed by atoms with Crippen LogP contribution in [0.1, 0.15) is 30.4 Å². The van der Waals surface area contributed by atoms with Crippen LogP contribution in [-0.2, 0) is 14.8 Å². The zero-order valence-corrected chi connectivity index (χ0v) is 14.3. The Labute approximate surface area is 125 Å². The first-order chi connectivity index (χ1) is 8.69. The zero-order valence-electron chi connectivity index (χ0n) is 11.1. The van der Waals surface area contributed by atoms with Crippen molar-refractivity contribution in [2.75, 3.05) is 7.11 Å². The number of hydrogen-bond acceptors (Lipinski definition) is 5. The molecule has 1 N–H and O–H groups in total. The van der Waals surface area contributed by atoms with Crippen LogP contribution in [0, 0.1) is 5.92 Å². The van der Waals surface area contributed by atoms with Crippen molar-refractivity contribution in [1.29, 1.82) is 0 Å². The van der Waals surface area contributed by atoms with Crippen molar-refractivity contribution in [3.8, 4) is 0 Å². The third-order valence-electron chi connectivity index (χ3n) is 2.67. The van der Waals surface area contributed by atoms with Gasteiger partial charge in [0, 0.05) is 6.04 Å². The molecule has 0 aliphatic heterocycles. The second-order valence-electron chi connectivity index (χ2n) is 4.39. The minimum Gasteiger partial charge on any atom is -0.465 e. The fraction of sp³-hybridized carbons (Fsp3) is 0.545. The molecule has 5 nitrogen and oxygen atoms in total. The molecule has 1 aromatic heterocycles. The summed E-state index contributed by atoms with van der Waals surface area (Å²) < 4.78 is 31.9. The number of sulfonamides is 1. The van der Waals surface area contributed by atoms with E-state index < -0.39 is 16.0 Å². The lowest BCUT2D eigenvalue weighted by Crippen LogP contribution is -2.36. The molecule has 8 heteroatoms.